The fourth-order valence-corrected chi connectivity index (χ4v) is 7.10. The van der Waals surface area contributed by atoms with Crippen molar-refractivity contribution in [3.63, 3.8) is 0 Å². The van der Waals surface area contributed by atoms with Gasteiger partial charge in [-0.1, -0.05) is 60.7 Å². The van der Waals surface area contributed by atoms with Crippen molar-refractivity contribution >= 4 is 21.8 Å². The number of pyridine rings is 1. The third-order valence-electron chi connectivity index (χ3n) is 8.21. The van der Waals surface area contributed by atoms with Crippen LogP contribution in [0.2, 0.25) is 0 Å². The van der Waals surface area contributed by atoms with Crippen LogP contribution in [-0.2, 0) is 45.5 Å². The van der Waals surface area contributed by atoms with Gasteiger partial charge in [0, 0.05) is 38.7 Å². The van der Waals surface area contributed by atoms with Crippen LogP contribution >= 0.6 is 0 Å². The highest BCUT2D eigenvalue weighted by Gasteiger charge is 2.31. The molecule has 3 aromatic carbocycles. The number of methoxy groups -OCH3 is 1. The monoisotopic (exact) mass is 640 g/mol. The molecule has 1 aromatic heterocycles. The Hall–Kier alpha value is -4.54. The number of aromatic nitrogens is 1. The van der Waals surface area contributed by atoms with Crippen LogP contribution in [-0.4, -0.2) is 60.7 Å². The molecule has 2 heterocycles. The largest absolute Gasteiger partial charge is 0.497 e. The van der Waals surface area contributed by atoms with Crippen LogP contribution in [0, 0.1) is 0 Å². The molecule has 0 saturated carbocycles. The van der Waals surface area contributed by atoms with Crippen molar-refractivity contribution in [2.24, 2.45) is 0 Å². The number of hydrogen-bond acceptors (Lipinski definition) is 6. The first kappa shape index (κ1) is 32.8. The molecule has 1 saturated heterocycles. The van der Waals surface area contributed by atoms with Crippen molar-refractivity contribution in [1.82, 2.24) is 19.5 Å². The maximum Gasteiger partial charge on any atom is 0.243 e. The van der Waals surface area contributed by atoms with E-state index in [2.05, 4.69) is 10.3 Å². The highest BCUT2D eigenvalue weighted by atomic mass is 32.2. The van der Waals surface area contributed by atoms with E-state index in [0.717, 1.165) is 35.2 Å². The molecule has 1 fully saturated rings. The van der Waals surface area contributed by atoms with E-state index >= 15 is 0 Å². The summed E-state index contributed by atoms with van der Waals surface area (Å²) in [6.45, 7) is 1.55. The number of ether oxygens (including phenoxy) is 1. The van der Waals surface area contributed by atoms with E-state index in [4.69, 9.17) is 4.74 Å². The standard InChI is InChI=1S/C36H40N4O5S/c1-45-32-17-12-30(13-18-32)27-40(34(25-29-9-3-2-4-10-29)36(42)38-26-31-11-5-6-22-37-31)35(41)21-16-28-14-19-33(20-15-28)46(43,44)39-23-7-8-24-39/h2-6,9-15,17-20,22,34H,7-8,16,21,23-27H2,1H3,(H,38,42)/t34-/m1/s1. The summed E-state index contributed by atoms with van der Waals surface area (Å²) in [5.41, 5.74) is 3.36. The first-order valence-corrected chi connectivity index (χ1v) is 17.0. The molecular weight excluding hydrogens is 600 g/mol. The molecule has 0 unspecified atom stereocenters. The molecule has 4 aromatic rings. The summed E-state index contributed by atoms with van der Waals surface area (Å²) in [6, 6.07) is 28.6. The van der Waals surface area contributed by atoms with Gasteiger partial charge < -0.3 is 15.0 Å². The number of aryl methyl sites for hydroxylation is 1. The third kappa shape index (κ3) is 8.58. The summed E-state index contributed by atoms with van der Waals surface area (Å²) in [5, 5.41) is 3.00. The van der Waals surface area contributed by atoms with E-state index in [0.29, 0.717) is 31.7 Å². The third-order valence-corrected chi connectivity index (χ3v) is 10.1. The van der Waals surface area contributed by atoms with Crippen LogP contribution in [0.15, 0.2) is 108 Å². The zero-order valence-corrected chi connectivity index (χ0v) is 26.9. The Morgan fingerprint density at radius 3 is 2.20 bits per heavy atom. The van der Waals surface area contributed by atoms with Gasteiger partial charge in [-0.15, -0.1) is 0 Å². The molecule has 1 aliphatic heterocycles. The Kier molecular flexibility index (Phi) is 11.2. The van der Waals surface area contributed by atoms with Gasteiger partial charge in [0.15, 0.2) is 0 Å². The van der Waals surface area contributed by atoms with Gasteiger partial charge in [-0.25, -0.2) is 8.42 Å². The van der Waals surface area contributed by atoms with Gasteiger partial charge in [-0.3, -0.25) is 14.6 Å². The molecule has 240 valence electrons. The smallest absolute Gasteiger partial charge is 0.243 e. The lowest BCUT2D eigenvalue weighted by molar-refractivity contribution is -0.141. The molecule has 5 rings (SSSR count). The van der Waals surface area contributed by atoms with Gasteiger partial charge in [0.05, 0.1) is 24.2 Å². The van der Waals surface area contributed by atoms with E-state index in [1.54, 1.807) is 42.5 Å². The molecule has 1 atom stereocenters. The fraction of sp³-hybridized carbons (Fsp3) is 0.306. The molecule has 0 aliphatic carbocycles. The average Bonchev–Trinajstić information content (AvgIpc) is 3.66. The summed E-state index contributed by atoms with van der Waals surface area (Å²) in [7, 11) is -1.92. The Labute approximate surface area is 271 Å². The number of hydrogen-bond donors (Lipinski definition) is 1. The minimum Gasteiger partial charge on any atom is -0.497 e. The highest BCUT2D eigenvalue weighted by molar-refractivity contribution is 7.89. The number of rotatable bonds is 14. The molecule has 0 spiro atoms. The summed E-state index contributed by atoms with van der Waals surface area (Å²) >= 11 is 0. The number of nitrogens with zero attached hydrogens (tertiary/aromatic N) is 3. The first-order chi connectivity index (χ1) is 22.3. The normalized spacial score (nSPS) is 14.0. The van der Waals surface area contributed by atoms with E-state index in [1.165, 1.54) is 4.31 Å². The van der Waals surface area contributed by atoms with E-state index in [9.17, 15) is 18.0 Å². The van der Waals surface area contributed by atoms with Gasteiger partial charge in [-0.05, 0) is 72.4 Å². The Morgan fingerprint density at radius 1 is 0.870 bits per heavy atom. The Balaban J connectivity index is 1.37. The van der Waals surface area contributed by atoms with Crippen LogP contribution in [0.1, 0.15) is 41.6 Å². The maximum absolute atomic E-state index is 14.1. The second kappa shape index (κ2) is 15.6. The predicted molar refractivity (Wildman–Crippen MR) is 176 cm³/mol. The average molecular weight is 641 g/mol. The van der Waals surface area contributed by atoms with E-state index < -0.39 is 16.1 Å². The number of carbonyl (C=O) groups excluding carboxylic acids is 2. The number of benzene rings is 3. The molecule has 9 nitrogen and oxygen atoms in total. The number of nitrogens with one attached hydrogen (secondary N) is 1. The van der Waals surface area contributed by atoms with Gasteiger partial charge in [0.2, 0.25) is 21.8 Å². The topological polar surface area (TPSA) is 109 Å². The lowest BCUT2D eigenvalue weighted by Gasteiger charge is -2.31. The second-order valence-corrected chi connectivity index (χ2v) is 13.3. The van der Waals surface area contributed by atoms with Crippen molar-refractivity contribution < 1.29 is 22.7 Å². The lowest BCUT2D eigenvalue weighted by Crippen LogP contribution is -2.50. The minimum atomic E-state index is -3.52. The minimum absolute atomic E-state index is 0.146. The molecule has 1 N–H and O–H groups in total. The van der Waals surface area contributed by atoms with Gasteiger partial charge in [-0.2, -0.15) is 4.31 Å². The van der Waals surface area contributed by atoms with Gasteiger partial charge in [0.1, 0.15) is 11.8 Å². The summed E-state index contributed by atoms with van der Waals surface area (Å²) in [6.07, 6.45) is 4.30. The summed E-state index contributed by atoms with van der Waals surface area (Å²) in [4.78, 5) is 34.1. The van der Waals surface area contributed by atoms with Crippen molar-refractivity contribution in [1.29, 1.82) is 0 Å². The first-order valence-electron chi connectivity index (χ1n) is 15.6. The molecule has 46 heavy (non-hydrogen) atoms. The Morgan fingerprint density at radius 2 is 1.54 bits per heavy atom. The molecule has 1 aliphatic rings. The van der Waals surface area contributed by atoms with Crippen LogP contribution in [0.4, 0.5) is 0 Å². The number of sulfonamides is 1. The number of amides is 2. The molecule has 10 heteroatoms. The lowest BCUT2D eigenvalue weighted by atomic mass is 10.0. The van der Waals surface area contributed by atoms with E-state index in [-0.39, 0.29) is 36.2 Å². The van der Waals surface area contributed by atoms with Crippen molar-refractivity contribution in [3.05, 3.63) is 126 Å². The van der Waals surface area contributed by atoms with Crippen LogP contribution in [0.3, 0.4) is 0 Å². The van der Waals surface area contributed by atoms with Crippen LogP contribution in [0.25, 0.3) is 0 Å². The fourth-order valence-electron chi connectivity index (χ4n) is 5.58. The summed E-state index contributed by atoms with van der Waals surface area (Å²) < 4.78 is 32.8. The zero-order valence-electron chi connectivity index (χ0n) is 26.0. The SMILES string of the molecule is COc1ccc(CN(C(=O)CCc2ccc(S(=O)(=O)N3CCCC3)cc2)[C@H](Cc2ccccc2)C(=O)NCc2ccccn2)cc1. The maximum atomic E-state index is 14.1. The van der Waals surface area contributed by atoms with Crippen molar-refractivity contribution in [2.75, 3.05) is 20.2 Å². The van der Waals surface area contributed by atoms with Crippen molar-refractivity contribution in [2.45, 2.75) is 56.1 Å². The number of carbonyl (C=O) groups is 2. The van der Waals surface area contributed by atoms with Gasteiger partial charge >= 0.3 is 0 Å². The van der Waals surface area contributed by atoms with E-state index in [1.807, 2.05) is 72.8 Å². The Bertz CT molecular complexity index is 1680. The van der Waals surface area contributed by atoms with Crippen LogP contribution < -0.4 is 10.1 Å². The predicted octanol–water partition coefficient (Wildman–Crippen LogP) is 4.76. The quantitative estimate of drug-likeness (QED) is 0.213. The highest BCUT2D eigenvalue weighted by Crippen LogP contribution is 2.23. The summed E-state index contributed by atoms with van der Waals surface area (Å²) in [5.74, 6) is 0.247. The zero-order chi connectivity index (χ0) is 32.4. The van der Waals surface area contributed by atoms with Crippen LogP contribution in [0.5, 0.6) is 5.75 Å². The second-order valence-electron chi connectivity index (χ2n) is 11.4. The van der Waals surface area contributed by atoms with Crippen molar-refractivity contribution in [3.8, 4) is 5.75 Å². The van der Waals surface area contributed by atoms with Gasteiger partial charge in [0.25, 0.3) is 0 Å². The molecule has 2 amide bonds. The molecule has 0 radical (unpaired) electrons. The molecular formula is C36H40N4O5S. The molecule has 0 bridgehead atoms.